The number of hydrogen-bond donors (Lipinski definition) is 1. The average molecular weight is 1050 g/mol. The van der Waals surface area contributed by atoms with Crippen LogP contribution in [-0.4, -0.2) is 118 Å². The molecule has 3 aliphatic heterocycles. The molecule has 6 fully saturated rings. The molecule has 0 unspecified atom stereocenters. The molecule has 6 aromatic rings. The molecule has 25 heteroatoms. The van der Waals surface area contributed by atoms with Crippen molar-refractivity contribution in [2.75, 3.05) is 52.5 Å². The van der Waals surface area contributed by atoms with Crippen molar-refractivity contribution in [3.63, 3.8) is 0 Å². The lowest BCUT2D eigenvalue weighted by atomic mass is 10.0. The maximum absolute atomic E-state index is 12.9. The fourth-order valence-electron chi connectivity index (χ4n) is 9.76. The van der Waals surface area contributed by atoms with E-state index >= 15 is 0 Å². The lowest BCUT2D eigenvalue weighted by molar-refractivity contribution is 0.0508. The van der Waals surface area contributed by atoms with Gasteiger partial charge in [0.15, 0.2) is 16.6 Å². The van der Waals surface area contributed by atoms with Crippen LogP contribution >= 0.6 is 0 Å². The summed E-state index contributed by atoms with van der Waals surface area (Å²) in [5.74, 6) is 2.88. The van der Waals surface area contributed by atoms with E-state index in [-0.39, 0.29) is 28.1 Å². The molecule has 0 bridgehead atoms. The standard InChI is InChI=1S/2C16H22N4O3.C10H12N4O2.C7H14O4S/c2*1-18-13-8-17-20(10-11-2-3-11)14(13)15(21)19(16(18)22)9-12-4-6-23-7-5-12;1-13-7-4-11-14(5-6-2-3-6)8(7)9(15)12-10(13)16;1-12(8,9)11-6-7-2-4-10-5-3-7/h2*8,11-12H,2-7,9-10H2,1H3;4,6H,2-3,5H2,1H3,(H,12,15,16);7H,2-6H2,1H3. The molecule has 0 atom stereocenters. The Morgan fingerprint density at radius 2 is 0.838 bits per heavy atom. The summed E-state index contributed by atoms with van der Waals surface area (Å²) in [7, 11) is 1.80. The monoisotopic (exact) mass is 1050 g/mol. The smallest absolute Gasteiger partial charge is 0.331 e. The number of H-pyrrole nitrogens is 1. The molecule has 0 amide bonds. The number of aromatic amines is 1. The van der Waals surface area contributed by atoms with E-state index in [0.29, 0.717) is 115 Å². The van der Waals surface area contributed by atoms with E-state index in [1.807, 2.05) is 0 Å². The first-order chi connectivity index (χ1) is 35.5. The van der Waals surface area contributed by atoms with Crippen LogP contribution < -0.4 is 33.7 Å². The van der Waals surface area contributed by atoms with E-state index in [9.17, 15) is 37.2 Å². The number of nitrogens with zero attached hydrogens (tertiary/aromatic N) is 11. The van der Waals surface area contributed by atoms with Gasteiger partial charge in [-0.25, -0.2) is 14.4 Å². The second kappa shape index (κ2) is 23.0. The summed E-state index contributed by atoms with van der Waals surface area (Å²) in [5.41, 5.74) is 1.81. The SMILES string of the molecule is CS(=O)(=O)OCC1CCOCC1.Cn1c(=O)[nH]c(=O)c2c1cnn2CC1CC1.Cn1c(=O)n(CC2CCOCC2)c(=O)c2c1cnn2CC1CC1.Cn1c(=O)n(CC2CCOCC2)c(=O)c2c1cnn2CC1CC1. The molecular weight excluding hydrogens is 981 g/mol. The summed E-state index contributed by atoms with van der Waals surface area (Å²) in [6.45, 7) is 7.84. The van der Waals surface area contributed by atoms with Crippen LogP contribution in [0.1, 0.15) is 77.0 Å². The van der Waals surface area contributed by atoms with Crippen LogP contribution in [0.5, 0.6) is 0 Å². The summed E-state index contributed by atoms with van der Waals surface area (Å²) in [5, 5.41) is 12.9. The molecule has 3 saturated heterocycles. The Balaban J connectivity index is 0.000000125. The van der Waals surface area contributed by atoms with Crippen molar-refractivity contribution < 1.29 is 26.8 Å². The minimum absolute atomic E-state index is 0.201. The Morgan fingerprint density at radius 1 is 0.500 bits per heavy atom. The number of aryl methyl sites for hydroxylation is 3. The van der Waals surface area contributed by atoms with E-state index < -0.39 is 15.8 Å². The molecule has 0 radical (unpaired) electrons. The minimum Gasteiger partial charge on any atom is -0.381 e. The molecule has 3 saturated carbocycles. The predicted octanol–water partition coefficient (Wildman–Crippen LogP) is 1.69. The average Bonchev–Trinajstić information content (AvgIpc) is 4.36. The quantitative estimate of drug-likeness (QED) is 0.161. The number of hydrogen-bond acceptors (Lipinski definition) is 15. The number of ether oxygens (including phenoxy) is 3. The summed E-state index contributed by atoms with van der Waals surface area (Å²) in [4.78, 5) is 76.4. The lowest BCUT2D eigenvalue weighted by Crippen LogP contribution is -2.41. The van der Waals surface area contributed by atoms with Gasteiger partial charge in [-0.05, 0) is 113 Å². The molecule has 404 valence electrons. The van der Waals surface area contributed by atoms with E-state index in [1.54, 1.807) is 62.9 Å². The van der Waals surface area contributed by atoms with E-state index in [2.05, 4.69) is 24.5 Å². The Morgan fingerprint density at radius 3 is 1.20 bits per heavy atom. The predicted molar refractivity (Wildman–Crippen MR) is 274 cm³/mol. The van der Waals surface area contributed by atoms with Gasteiger partial charge < -0.3 is 14.2 Å². The highest BCUT2D eigenvalue weighted by atomic mass is 32.2. The van der Waals surface area contributed by atoms with Gasteiger partial charge in [0.2, 0.25) is 0 Å². The van der Waals surface area contributed by atoms with Crippen molar-refractivity contribution in [1.82, 2.24) is 57.2 Å². The van der Waals surface area contributed by atoms with Gasteiger partial charge in [-0.1, -0.05) is 0 Å². The minimum atomic E-state index is -3.26. The number of aromatic nitrogens is 12. The first kappa shape index (κ1) is 53.1. The highest BCUT2D eigenvalue weighted by Crippen LogP contribution is 2.32. The zero-order valence-corrected chi connectivity index (χ0v) is 43.7. The van der Waals surface area contributed by atoms with Gasteiger partial charge in [0.05, 0.1) is 48.0 Å². The lowest BCUT2D eigenvalue weighted by Gasteiger charge is -2.22. The normalized spacial score (nSPS) is 19.0. The molecule has 9 heterocycles. The van der Waals surface area contributed by atoms with Crippen LogP contribution in [0.15, 0.2) is 47.4 Å². The van der Waals surface area contributed by atoms with Crippen LogP contribution in [0.3, 0.4) is 0 Å². The largest absolute Gasteiger partial charge is 0.381 e. The van der Waals surface area contributed by atoms with Gasteiger partial charge in [-0.2, -0.15) is 23.7 Å². The zero-order chi connectivity index (χ0) is 52.3. The molecule has 0 aromatic carbocycles. The Labute approximate surface area is 425 Å². The highest BCUT2D eigenvalue weighted by Gasteiger charge is 2.28. The number of rotatable bonds is 13. The van der Waals surface area contributed by atoms with Gasteiger partial charge in [0, 0.05) is 93.5 Å². The molecule has 24 nitrogen and oxygen atoms in total. The third kappa shape index (κ3) is 12.8. The maximum Gasteiger partial charge on any atom is 0.331 e. The van der Waals surface area contributed by atoms with Crippen LogP contribution in [-0.2, 0) is 82.4 Å². The summed E-state index contributed by atoms with van der Waals surface area (Å²) >= 11 is 0. The Bertz CT molecular complexity index is 3280. The molecule has 74 heavy (non-hydrogen) atoms. The summed E-state index contributed by atoms with van der Waals surface area (Å²) < 4.78 is 54.3. The second-order valence-electron chi connectivity index (χ2n) is 21.0. The van der Waals surface area contributed by atoms with Crippen molar-refractivity contribution >= 4 is 43.2 Å². The maximum atomic E-state index is 12.9. The van der Waals surface area contributed by atoms with Crippen LogP contribution in [0.2, 0.25) is 0 Å². The van der Waals surface area contributed by atoms with Gasteiger partial charge in [0.25, 0.3) is 26.8 Å². The fourth-order valence-corrected chi connectivity index (χ4v) is 10.2. The van der Waals surface area contributed by atoms with Crippen molar-refractivity contribution in [2.24, 2.45) is 56.7 Å². The topological polar surface area (TPSA) is 267 Å². The van der Waals surface area contributed by atoms with Crippen molar-refractivity contribution in [2.45, 2.75) is 110 Å². The van der Waals surface area contributed by atoms with Crippen molar-refractivity contribution in [3.8, 4) is 0 Å². The molecule has 6 aromatic heterocycles. The van der Waals surface area contributed by atoms with E-state index in [0.717, 1.165) is 77.6 Å². The summed E-state index contributed by atoms with van der Waals surface area (Å²) in [6, 6.07) is 0. The molecule has 3 aliphatic carbocycles. The Kier molecular flexibility index (Phi) is 16.5. The molecule has 6 aliphatic rings. The van der Waals surface area contributed by atoms with E-state index in [4.69, 9.17) is 14.2 Å². The first-order valence-electron chi connectivity index (χ1n) is 26.1. The molecule has 12 rings (SSSR count). The summed E-state index contributed by atoms with van der Waals surface area (Å²) in [6.07, 6.45) is 18.5. The van der Waals surface area contributed by atoms with E-state index in [1.165, 1.54) is 52.2 Å². The number of fused-ring (bicyclic) bond motifs is 3. The zero-order valence-electron chi connectivity index (χ0n) is 42.9. The third-order valence-corrected chi connectivity index (χ3v) is 15.6. The van der Waals surface area contributed by atoms with Crippen molar-refractivity contribution in [1.29, 1.82) is 0 Å². The molecular formula is C49H70N12O12S. The van der Waals surface area contributed by atoms with Gasteiger partial charge in [0.1, 0.15) is 0 Å². The van der Waals surface area contributed by atoms with Crippen molar-refractivity contribution in [3.05, 3.63) is 81.1 Å². The first-order valence-corrected chi connectivity index (χ1v) is 27.9. The number of nitrogens with one attached hydrogen (secondary N) is 1. The van der Waals surface area contributed by atoms with Crippen LogP contribution in [0.25, 0.3) is 33.1 Å². The van der Waals surface area contributed by atoms with Crippen LogP contribution in [0, 0.1) is 35.5 Å². The van der Waals surface area contributed by atoms with Gasteiger partial charge in [-0.15, -0.1) is 0 Å². The molecule has 0 spiro atoms. The Hall–Kier alpha value is -5.76. The molecule has 1 N–H and O–H groups in total. The second-order valence-corrected chi connectivity index (χ2v) is 22.6. The van der Waals surface area contributed by atoms with Crippen LogP contribution in [0.4, 0.5) is 0 Å². The van der Waals surface area contributed by atoms with Gasteiger partial charge >= 0.3 is 17.1 Å². The van der Waals surface area contributed by atoms with Gasteiger partial charge in [-0.3, -0.25) is 60.4 Å². The highest BCUT2D eigenvalue weighted by molar-refractivity contribution is 7.85. The fraction of sp³-hybridized carbons (Fsp3) is 0.694. The third-order valence-electron chi connectivity index (χ3n) is 15.0.